The number of urea groups is 1. The van der Waals surface area contributed by atoms with E-state index >= 15 is 0 Å². The fourth-order valence-electron chi connectivity index (χ4n) is 2.54. The molecule has 0 aromatic heterocycles. The monoisotopic (exact) mass is 389 g/mol. The molecular formula is C19H23N3O6. The normalized spacial score (nSPS) is 14.1. The molecule has 1 fully saturated rings. The Hall–Kier alpha value is -3.23. The van der Waals surface area contributed by atoms with Crippen LogP contribution in [0.5, 0.6) is 0 Å². The molecule has 9 nitrogen and oxygen atoms in total. The number of imide groups is 2. The number of hydrogen-bond donors (Lipinski definition) is 1. The minimum absolute atomic E-state index is 0.345. The van der Waals surface area contributed by atoms with Gasteiger partial charge in [0, 0.05) is 11.7 Å². The lowest BCUT2D eigenvalue weighted by Crippen LogP contribution is -2.40. The number of amides is 5. The summed E-state index contributed by atoms with van der Waals surface area (Å²) in [5.41, 5.74) is 0.721. The van der Waals surface area contributed by atoms with E-state index in [1.54, 1.807) is 13.8 Å². The molecule has 28 heavy (non-hydrogen) atoms. The molecule has 1 aliphatic rings. The van der Waals surface area contributed by atoms with Gasteiger partial charge in [0.2, 0.25) is 5.91 Å². The van der Waals surface area contributed by atoms with Crippen molar-refractivity contribution in [3.63, 3.8) is 0 Å². The van der Waals surface area contributed by atoms with Gasteiger partial charge in [-0.25, -0.2) is 14.5 Å². The molecule has 0 bridgehead atoms. The van der Waals surface area contributed by atoms with Crippen LogP contribution in [0.2, 0.25) is 0 Å². The molecule has 5 amide bonds. The Morgan fingerprint density at radius 2 is 1.71 bits per heavy atom. The highest BCUT2D eigenvalue weighted by atomic mass is 16.5. The van der Waals surface area contributed by atoms with Gasteiger partial charge in [-0.2, -0.15) is 0 Å². The van der Waals surface area contributed by atoms with E-state index in [2.05, 4.69) is 5.32 Å². The number of hydrogen-bond acceptors (Lipinski definition) is 6. The highest BCUT2D eigenvalue weighted by Gasteiger charge is 2.46. The van der Waals surface area contributed by atoms with Gasteiger partial charge in [-0.05, 0) is 44.5 Å². The van der Waals surface area contributed by atoms with E-state index < -0.39 is 42.3 Å². The smallest absolute Gasteiger partial charge is 0.338 e. The molecule has 0 spiro atoms. The number of nitrogens with one attached hydrogen (secondary N) is 1. The van der Waals surface area contributed by atoms with Gasteiger partial charge in [0.1, 0.15) is 6.54 Å². The van der Waals surface area contributed by atoms with E-state index in [1.807, 2.05) is 6.92 Å². The number of carbonyl (C=O) groups excluding carboxylic acids is 5. The van der Waals surface area contributed by atoms with Gasteiger partial charge in [-0.1, -0.05) is 13.3 Å². The molecule has 1 aliphatic heterocycles. The van der Waals surface area contributed by atoms with Crippen LogP contribution in [0.15, 0.2) is 24.3 Å². The highest BCUT2D eigenvalue weighted by Crippen LogP contribution is 2.16. The predicted molar refractivity (Wildman–Crippen MR) is 99.4 cm³/mol. The average Bonchev–Trinajstić information content (AvgIpc) is 2.85. The standard InChI is InChI=1S/C19H23N3O6/c1-4-5-10-28-18(26)13-6-8-14(9-7-13)20-15(23)11-21-16(24)17(25)22(12(2)3)19(21)27/h6-9,12H,4-5,10-11H2,1-3H3,(H,20,23). The van der Waals surface area contributed by atoms with Crippen molar-refractivity contribution in [2.45, 2.75) is 39.7 Å². The van der Waals surface area contributed by atoms with E-state index in [0.717, 1.165) is 17.7 Å². The third-order valence-corrected chi connectivity index (χ3v) is 4.04. The number of rotatable bonds is 8. The Morgan fingerprint density at radius 1 is 1.07 bits per heavy atom. The van der Waals surface area contributed by atoms with Crippen molar-refractivity contribution in [1.82, 2.24) is 9.80 Å². The zero-order chi connectivity index (χ0) is 20.8. The summed E-state index contributed by atoms with van der Waals surface area (Å²) in [6.07, 6.45) is 1.70. The molecule has 1 N–H and O–H groups in total. The second kappa shape index (κ2) is 9.12. The summed E-state index contributed by atoms with van der Waals surface area (Å²) in [6.45, 7) is 4.96. The summed E-state index contributed by atoms with van der Waals surface area (Å²) in [5.74, 6) is -3.07. The van der Waals surface area contributed by atoms with Crippen LogP contribution in [-0.4, -0.2) is 58.7 Å². The molecule has 1 aromatic rings. The van der Waals surface area contributed by atoms with Crippen molar-refractivity contribution in [2.75, 3.05) is 18.5 Å². The summed E-state index contributed by atoms with van der Waals surface area (Å²) in [5, 5.41) is 2.52. The Morgan fingerprint density at radius 3 is 2.25 bits per heavy atom. The number of anilines is 1. The third kappa shape index (κ3) is 4.73. The number of unbranched alkanes of at least 4 members (excludes halogenated alkanes) is 1. The first kappa shape index (κ1) is 21.1. The summed E-state index contributed by atoms with van der Waals surface area (Å²) in [7, 11) is 0. The molecule has 1 saturated heterocycles. The molecular weight excluding hydrogens is 366 g/mol. The van der Waals surface area contributed by atoms with Crippen LogP contribution in [0.25, 0.3) is 0 Å². The lowest BCUT2D eigenvalue weighted by atomic mass is 10.2. The molecule has 2 rings (SSSR count). The van der Waals surface area contributed by atoms with Gasteiger partial charge in [0.05, 0.1) is 12.2 Å². The maximum Gasteiger partial charge on any atom is 0.338 e. The summed E-state index contributed by atoms with van der Waals surface area (Å²) in [6, 6.07) is 4.72. The minimum Gasteiger partial charge on any atom is -0.462 e. The SMILES string of the molecule is CCCCOC(=O)c1ccc(NC(=O)CN2C(=O)C(=O)N(C(C)C)C2=O)cc1. The van der Waals surface area contributed by atoms with Crippen molar-refractivity contribution in [3.05, 3.63) is 29.8 Å². The first-order valence-electron chi connectivity index (χ1n) is 9.02. The van der Waals surface area contributed by atoms with Crippen molar-refractivity contribution >= 4 is 35.4 Å². The second-order valence-electron chi connectivity index (χ2n) is 6.56. The van der Waals surface area contributed by atoms with Crippen molar-refractivity contribution in [3.8, 4) is 0 Å². The van der Waals surface area contributed by atoms with Gasteiger partial charge >= 0.3 is 23.8 Å². The average molecular weight is 389 g/mol. The minimum atomic E-state index is -1.03. The van der Waals surface area contributed by atoms with Gasteiger partial charge in [0.15, 0.2) is 0 Å². The number of carbonyl (C=O) groups is 5. The largest absolute Gasteiger partial charge is 0.462 e. The predicted octanol–water partition coefficient (Wildman–Crippen LogP) is 1.78. The Balaban J connectivity index is 1.94. The molecule has 150 valence electrons. The Bertz CT molecular complexity index is 787. The summed E-state index contributed by atoms with van der Waals surface area (Å²) < 4.78 is 5.10. The van der Waals surface area contributed by atoms with Crippen LogP contribution in [0, 0.1) is 0 Å². The maximum absolute atomic E-state index is 12.2. The second-order valence-corrected chi connectivity index (χ2v) is 6.56. The Kier molecular flexibility index (Phi) is 6.86. The topological polar surface area (TPSA) is 113 Å². The molecule has 1 aromatic carbocycles. The van der Waals surface area contributed by atoms with Crippen LogP contribution in [0.4, 0.5) is 10.5 Å². The molecule has 9 heteroatoms. The fraction of sp³-hybridized carbons (Fsp3) is 0.421. The van der Waals surface area contributed by atoms with E-state index in [4.69, 9.17) is 4.74 Å². The van der Waals surface area contributed by atoms with Crippen molar-refractivity contribution < 1.29 is 28.7 Å². The highest BCUT2D eigenvalue weighted by molar-refractivity contribution is 6.45. The van der Waals surface area contributed by atoms with Crippen molar-refractivity contribution in [2.24, 2.45) is 0 Å². The van der Waals surface area contributed by atoms with Gasteiger partial charge < -0.3 is 10.1 Å². The molecule has 0 saturated carbocycles. The van der Waals surface area contributed by atoms with E-state index in [9.17, 15) is 24.0 Å². The van der Waals surface area contributed by atoms with E-state index in [-0.39, 0.29) is 0 Å². The number of esters is 1. The van der Waals surface area contributed by atoms with Gasteiger partial charge in [-0.15, -0.1) is 0 Å². The van der Waals surface area contributed by atoms with Crippen molar-refractivity contribution in [1.29, 1.82) is 0 Å². The zero-order valence-corrected chi connectivity index (χ0v) is 16.1. The van der Waals surface area contributed by atoms with E-state index in [0.29, 0.717) is 22.8 Å². The van der Waals surface area contributed by atoms with Crippen LogP contribution in [0.3, 0.4) is 0 Å². The first-order chi connectivity index (χ1) is 13.3. The maximum atomic E-state index is 12.2. The van der Waals surface area contributed by atoms with Crippen LogP contribution >= 0.6 is 0 Å². The van der Waals surface area contributed by atoms with E-state index in [1.165, 1.54) is 24.3 Å². The van der Waals surface area contributed by atoms with Crippen LogP contribution in [0.1, 0.15) is 44.0 Å². The first-order valence-corrected chi connectivity index (χ1v) is 9.02. The summed E-state index contributed by atoms with van der Waals surface area (Å²) >= 11 is 0. The van der Waals surface area contributed by atoms with Crippen LogP contribution in [-0.2, 0) is 19.1 Å². The number of benzene rings is 1. The quantitative estimate of drug-likeness (QED) is 0.314. The van der Waals surface area contributed by atoms with Gasteiger partial charge in [-0.3, -0.25) is 19.3 Å². The molecule has 0 unspecified atom stereocenters. The third-order valence-electron chi connectivity index (χ3n) is 4.04. The van der Waals surface area contributed by atoms with Gasteiger partial charge in [0.25, 0.3) is 0 Å². The molecule has 0 aliphatic carbocycles. The van der Waals surface area contributed by atoms with Crippen LogP contribution < -0.4 is 5.32 Å². The molecule has 0 radical (unpaired) electrons. The number of nitrogens with zero attached hydrogens (tertiary/aromatic N) is 2. The lowest BCUT2D eigenvalue weighted by Gasteiger charge is -2.18. The zero-order valence-electron chi connectivity index (χ0n) is 16.1. The summed E-state index contributed by atoms with van der Waals surface area (Å²) in [4.78, 5) is 61.4. The lowest BCUT2D eigenvalue weighted by molar-refractivity contribution is -0.144. The fourth-order valence-corrected chi connectivity index (χ4v) is 2.54. The Labute approximate surface area is 162 Å². The molecule has 0 atom stereocenters. The molecule has 1 heterocycles. The number of ether oxygens (including phenoxy) is 1.